The molecule has 3 amide bonds. The molecule has 7 rings (SSSR count). The molecule has 0 spiro atoms. The lowest BCUT2D eigenvalue weighted by Gasteiger charge is -2.33. The zero-order chi connectivity index (χ0) is 39.9. The van der Waals surface area contributed by atoms with Crippen LogP contribution in [-0.4, -0.2) is 78.3 Å². The van der Waals surface area contributed by atoms with Crippen LogP contribution in [0.5, 0.6) is 0 Å². The molecular weight excluding hydrogens is 755 g/mol. The number of carbonyl (C=O) groups is 4. The number of imidazole rings is 2. The number of hydrogen-bond acceptors (Lipinski definition) is 8. The SMILES string of the molecule is Cn1c(C(=O)Nc2cccc(-c3cccc(NC(=O)c4nc5c(n4C)CCN(C(=O)OC(C)(C)C)C5)c3Cl)c2Cl)nc2c1CCN(CC1CCC(C=O)CC1)C2. The third-order valence-corrected chi connectivity index (χ3v) is 11.8. The van der Waals surface area contributed by atoms with Crippen LogP contribution in [0.1, 0.15) is 90.5 Å². The molecule has 0 saturated heterocycles. The Hall–Kier alpha value is -4.72. The van der Waals surface area contributed by atoms with Crippen molar-refractivity contribution in [2.75, 3.05) is 30.3 Å². The number of hydrogen-bond donors (Lipinski definition) is 2. The van der Waals surface area contributed by atoms with E-state index in [0.29, 0.717) is 59.4 Å². The molecule has 4 aromatic rings. The van der Waals surface area contributed by atoms with Crippen molar-refractivity contribution in [2.45, 2.75) is 78.0 Å². The molecule has 4 heterocycles. The molecule has 0 unspecified atom stereocenters. The second-order valence-corrected chi connectivity index (χ2v) is 16.8. The first-order valence-corrected chi connectivity index (χ1v) is 19.9. The lowest BCUT2D eigenvalue weighted by atomic mass is 9.82. The number of fused-ring (bicyclic) bond motifs is 2. The number of amides is 3. The van der Waals surface area contributed by atoms with Gasteiger partial charge in [0, 0.05) is 81.5 Å². The number of aromatic nitrogens is 4. The quantitative estimate of drug-likeness (QED) is 0.177. The molecule has 13 nitrogen and oxygen atoms in total. The van der Waals surface area contributed by atoms with Crippen LogP contribution < -0.4 is 10.6 Å². The first kappa shape index (κ1) is 39.5. The smallest absolute Gasteiger partial charge is 0.410 e. The fraction of sp³-hybridized carbons (Fsp3) is 0.463. The molecule has 2 aliphatic heterocycles. The Balaban J connectivity index is 1.03. The van der Waals surface area contributed by atoms with Gasteiger partial charge in [-0.05, 0) is 64.5 Å². The molecule has 1 fully saturated rings. The number of anilines is 2. The maximum atomic E-state index is 13.7. The highest BCUT2D eigenvalue weighted by molar-refractivity contribution is 6.40. The van der Waals surface area contributed by atoms with Gasteiger partial charge in [0.05, 0.1) is 39.4 Å². The van der Waals surface area contributed by atoms with Gasteiger partial charge in [0.15, 0.2) is 11.6 Å². The summed E-state index contributed by atoms with van der Waals surface area (Å²) in [5.74, 6) is 0.434. The van der Waals surface area contributed by atoms with Gasteiger partial charge < -0.3 is 34.2 Å². The lowest BCUT2D eigenvalue weighted by Crippen LogP contribution is -2.40. The Morgan fingerprint density at radius 1 is 0.804 bits per heavy atom. The lowest BCUT2D eigenvalue weighted by molar-refractivity contribution is -0.112. The molecule has 2 aromatic carbocycles. The normalized spacial score (nSPS) is 18.5. The Kier molecular flexibility index (Phi) is 11.3. The van der Waals surface area contributed by atoms with Gasteiger partial charge in [-0.15, -0.1) is 0 Å². The van der Waals surface area contributed by atoms with Gasteiger partial charge in [-0.3, -0.25) is 14.5 Å². The number of nitrogens with zero attached hydrogens (tertiary/aromatic N) is 6. The Labute approximate surface area is 336 Å². The molecule has 1 saturated carbocycles. The molecule has 0 atom stereocenters. The number of benzene rings is 2. The van der Waals surface area contributed by atoms with Crippen molar-refractivity contribution in [1.29, 1.82) is 0 Å². The fourth-order valence-electron chi connectivity index (χ4n) is 8.06. The summed E-state index contributed by atoms with van der Waals surface area (Å²) < 4.78 is 9.15. The molecular formula is C41H48Cl2N8O5. The Morgan fingerprint density at radius 3 is 1.84 bits per heavy atom. The predicted molar refractivity (Wildman–Crippen MR) is 215 cm³/mol. The van der Waals surface area contributed by atoms with Crippen LogP contribution in [0.4, 0.5) is 16.2 Å². The summed E-state index contributed by atoms with van der Waals surface area (Å²) in [6.45, 7) is 8.69. The predicted octanol–water partition coefficient (Wildman–Crippen LogP) is 7.29. The number of rotatable bonds is 8. The maximum absolute atomic E-state index is 13.7. The van der Waals surface area contributed by atoms with Crippen LogP contribution >= 0.6 is 23.2 Å². The minimum Gasteiger partial charge on any atom is -0.444 e. The molecule has 0 bridgehead atoms. The number of carbonyl (C=O) groups excluding carboxylic acids is 4. The molecule has 3 aliphatic rings. The summed E-state index contributed by atoms with van der Waals surface area (Å²) in [6.07, 6.45) is 6.07. The number of ether oxygens (including phenoxy) is 1. The second-order valence-electron chi connectivity index (χ2n) is 16.1. The second kappa shape index (κ2) is 16.0. The van der Waals surface area contributed by atoms with Gasteiger partial charge in [-0.25, -0.2) is 14.8 Å². The van der Waals surface area contributed by atoms with E-state index in [1.807, 2.05) is 32.4 Å². The first-order chi connectivity index (χ1) is 26.7. The summed E-state index contributed by atoms with van der Waals surface area (Å²) in [4.78, 5) is 64.6. The first-order valence-electron chi connectivity index (χ1n) is 19.1. The zero-order valence-electron chi connectivity index (χ0n) is 32.5. The van der Waals surface area contributed by atoms with E-state index < -0.39 is 17.6 Å². The van der Waals surface area contributed by atoms with Crippen LogP contribution in [0.2, 0.25) is 10.0 Å². The van der Waals surface area contributed by atoms with E-state index >= 15 is 0 Å². The highest BCUT2D eigenvalue weighted by Gasteiger charge is 2.32. The summed E-state index contributed by atoms with van der Waals surface area (Å²) in [5, 5.41) is 6.41. The minimum atomic E-state index is -0.623. The Bertz CT molecular complexity index is 2180. The van der Waals surface area contributed by atoms with Crippen molar-refractivity contribution in [3.8, 4) is 11.1 Å². The highest BCUT2D eigenvalue weighted by atomic mass is 35.5. The number of aldehydes is 1. The van der Waals surface area contributed by atoms with Crippen molar-refractivity contribution >= 4 is 58.8 Å². The number of halogens is 2. The molecule has 1 aliphatic carbocycles. The van der Waals surface area contributed by atoms with E-state index in [2.05, 4.69) is 20.5 Å². The molecule has 56 heavy (non-hydrogen) atoms. The maximum Gasteiger partial charge on any atom is 0.410 e. The van der Waals surface area contributed by atoms with Crippen molar-refractivity contribution in [3.05, 3.63) is 80.9 Å². The third-order valence-electron chi connectivity index (χ3n) is 11.0. The summed E-state index contributed by atoms with van der Waals surface area (Å²) in [6, 6.07) is 10.5. The van der Waals surface area contributed by atoms with Crippen molar-refractivity contribution in [1.82, 2.24) is 28.9 Å². The van der Waals surface area contributed by atoms with Crippen molar-refractivity contribution in [3.63, 3.8) is 0 Å². The van der Waals surface area contributed by atoms with Gasteiger partial charge in [0.2, 0.25) is 0 Å². The van der Waals surface area contributed by atoms with Gasteiger partial charge >= 0.3 is 6.09 Å². The highest BCUT2D eigenvalue weighted by Crippen LogP contribution is 2.40. The van der Waals surface area contributed by atoms with Crippen LogP contribution in [0.15, 0.2) is 36.4 Å². The van der Waals surface area contributed by atoms with Crippen LogP contribution in [0.25, 0.3) is 11.1 Å². The zero-order valence-corrected chi connectivity index (χ0v) is 34.0. The van der Waals surface area contributed by atoms with Gasteiger partial charge in [-0.1, -0.05) is 47.5 Å². The van der Waals surface area contributed by atoms with E-state index in [1.165, 1.54) is 0 Å². The molecule has 2 aromatic heterocycles. The van der Waals surface area contributed by atoms with E-state index in [0.717, 1.165) is 68.6 Å². The van der Waals surface area contributed by atoms with Crippen LogP contribution in [0.3, 0.4) is 0 Å². The van der Waals surface area contributed by atoms with Gasteiger partial charge in [0.25, 0.3) is 11.8 Å². The largest absolute Gasteiger partial charge is 0.444 e. The van der Waals surface area contributed by atoms with Crippen molar-refractivity contribution < 1.29 is 23.9 Å². The van der Waals surface area contributed by atoms with Crippen LogP contribution in [0, 0.1) is 11.8 Å². The van der Waals surface area contributed by atoms with E-state index in [9.17, 15) is 19.2 Å². The average molecular weight is 804 g/mol. The molecule has 0 radical (unpaired) electrons. The van der Waals surface area contributed by atoms with Gasteiger partial charge in [0.1, 0.15) is 11.9 Å². The Morgan fingerprint density at radius 2 is 1.32 bits per heavy atom. The molecule has 15 heteroatoms. The van der Waals surface area contributed by atoms with E-state index in [4.69, 9.17) is 32.9 Å². The summed E-state index contributed by atoms with van der Waals surface area (Å²) in [5.41, 5.74) is 4.73. The molecule has 296 valence electrons. The van der Waals surface area contributed by atoms with Crippen LogP contribution in [-0.2, 0) is 49.6 Å². The standard InChI is InChI=1S/C41H48Cl2N8O5/c1-41(2,3)56-40(55)51-19-17-33-31(22-51)45-37(49(33)5)39(54)47-29-11-7-9-27(35(29)43)26-8-6-10-28(34(26)42)46-38(53)36-44-30-21-50(18-16-32(30)48(36)4)20-24-12-14-25(23-52)15-13-24/h6-11,23-25H,12-22H2,1-5H3,(H,46,53)(H,47,54). The van der Waals surface area contributed by atoms with Crippen molar-refractivity contribution in [2.24, 2.45) is 25.9 Å². The fourth-order valence-corrected chi connectivity index (χ4v) is 8.61. The number of nitrogens with one attached hydrogen (secondary N) is 2. The van der Waals surface area contributed by atoms with E-state index in [1.54, 1.807) is 52.9 Å². The van der Waals surface area contributed by atoms with E-state index in [-0.39, 0.29) is 34.2 Å². The summed E-state index contributed by atoms with van der Waals surface area (Å²) in [7, 11) is 3.65. The summed E-state index contributed by atoms with van der Waals surface area (Å²) >= 11 is 13.9. The third kappa shape index (κ3) is 8.21. The average Bonchev–Trinajstić information content (AvgIpc) is 3.68. The topological polar surface area (TPSA) is 144 Å². The molecule has 2 N–H and O–H groups in total. The minimum absolute atomic E-state index is 0.187. The monoisotopic (exact) mass is 802 g/mol. The van der Waals surface area contributed by atoms with Gasteiger partial charge in [-0.2, -0.15) is 0 Å².